The van der Waals surface area contributed by atoms with Gasteiger partial charge in [-0.15, -0.1) is 0 Å². The molecule has 0 aromatic heterocycles. The number of hydrogen-bond donors (Lipinski definition) is 0. The Hall–Kier alpha value is -4.31. The molecule has 0 aliphatic carbocycles. The van der Waals surface area contributed by atoms with Gasteiger partial charge in [0.1, 0.15) is 24.7 Å². The van der Waals surface area contributed by atoms with E-state index in [-0.39, 0.29) is 5.97 Å². The molecule has 0 amide bonds. The number of methoxy groups -OCH3 is 1. The second kappa shape index (κ2) is 15.7. The summed E-state index contributed by atoms with van der Waals surface area (Å²) in [6.45, 7) is 16.4. The second-order valence-electron chi connectivity index (χ2n) is 8.96. The first-order valence-electron chi connectivity index (χ1n) is 12.5. The van der Waals surface area contributed by atoms with Gasteiger partial charge >= 0.3 is 5.97 Å². The highest BCUT2D eigenvalue weighted by molar-refractivity contribution is 5.87. The average molecular weight is 511 g/mol. The highest BCUT2D eigenvalue weighted by atomic mass is 16.5. The van der Waals surface area contributed by atoms with Crippen molar-refractivity contribution in [3.63, 3.8) is 0 Å². The van der Waals surface area contributed by atoms with Gasteiger partial charge in [-0.2, -0.15) is 0 Å². The molecule has 0 saturated carbocycles. The quantitative estimate of drug-likeness (QED) is 0.119. The van der Waals surface area contributed by atoms with E-state index in [1.165, 1.54) is 24.3 Å². The third-order valence-electron chi connectivity index (χ3n) is 5.32. The van der Waals surface area contributed by atoms with Crippen LogP contribution in [0.5, 0.6) is 11.5 Å². The lowest BCUT2D eigenvalue weighted by atomic mass is 10.0. The SMILES string of the molecule is C=C/C(C)=C\C(=C)C.COC(=O)/C=C/c1ccc(-c2ccc(OCCOc3cc(C)cc(C)c3)cc2)cc1. The molecule has 0 bridgehead atoms. The van der Waals surface area contributed by atoms with E-state index in [0.717, 1.165) is 39.3 Å². The van der Waals surface area contributed by atoms with Crippen molar-refractivity contribution < 1.29 is 19.0 Å². The van der Waals surface area contributed by atoms with Gasteiger partial charge in [-0.05, 0) is 85.9 Å². The molecule has 0 heterocycles. The van der Waals surface area contributed by atoms with Crippen LogP contribution in [0.3, 0.4) is 0 Å². The Bertz CT molecular complexity index is 1240. The predicted octanol–water partition coefficient (Wildman–Crippen LogP) is 8.31. The first-order chi connectivity index (χ1) is 18.2. The fraction of sp³-hybridized carbons (Fsp3) is 0.206. The van der Waals surface area contributed by atoms with Gasteiger partial charge in [-0.3, -0.25) is 0 Å². The number of carbonyl (C=O) groups excluding carboxylic acids is 1. The first kappa shape index (κ1) is 29.9. The molecule has 198 valence electrons. The van der Waals surface area contributed by atoms with Gasteiger partial charge < -0.3 is 14.2 Å². The molecule has 3 aromatic carbocycles. The van der Waals surface area contributed by atoms with Crippen molar-refractivity contribution in [2.45, 2.75) is 27.7 Å². The molecular weight excluding hydrogens is 472 g/mol. The Labute approximate surface area is 227 Å². The van der Waals surface area contributed by atoms with E-state index in [2.05, 4.69) is 37.8 Å². The number of benzene rings is 3. The summed E-state index contributed by atoms with van der Waals surface area (Å²) in [6, 6.07) is 22.1. The van der Waals surface area contributed by atoms with Crippen LogP contribution >= 0.6 is 0 Å². The molecule has 0 atom stereocenters. The zero-order valence-electron chi connectivity index (χ0n) is 23.1. The van der Waals surface area contributed by atoms with Gasteiger partial charge in [0, 0.05) is 6.08 Å². The van der Waals surface area contributed by atoms with Crippen molar-refractivity contribution in [1.29, 1.82) is 0 Å². The van der Waals surface area contributed by atoms with E-state index >= 15 is 0 Å². The van der Waals surface area contributed by atoms with Crippen LogP contribution in [-0.2, 0) is 9.53 Å². The number of ether oxygens (including phenoxy) is 3. The Morgan fingerprint density at radius 2 is 1.34 bits per heavy atom. The topological polar surface area (TPSA) is 44.8 Å². The lowest BCUT2D eigenvalue weighted by molar-refractivity contribution is -0.134. The Kier molecular flexibility index (Phi) is 12.4. The molecule has 0 aliphatic rings. The summed E-state index contributed by atoms with van der Waals surface area (Å²) in [5.74, 6) is 1.31. The number of aryl methyl sites for hydroxylation is 2. The molecular formula is C34H38O4. The molecule has 0 N–H and O–H groups in total. The number of hydrogen-bond acceptors (Lipinski definition) is 4. The summed E-state index contributed by atoms with van der Waals surface area (Å²) in [5.41, 5.74) is 7.74. The van der Waals surface area contributed by atoms with Gasteiger partial charge in [0.2, 0.25) is 0 Å². The minimum atomic E-state index is -0.367. The van der Waals surface area contributed by atoms with Crippen LogP contribution in [0.2, 0.25) is 0 Å². The van der Waals surface area contributed by atoms with Crippen LogP contribution < -0.4 is 9.47 Å². The third-order valence-corrected chi connectivity index (χ3v) is 5.32. The van der Waals surface area contributed by atoms with Crippen molar-refractivity contribution in [2.75, 3.05) is 20.3 Å². The van der Waals surface area contributed by atoms with Crippen LogP contribution in [0, 0.1) is 13.8 Å². The zero-order chi connectivity index (χ0) is 27.9. The van der Waals surface area contributed by atoms with E-state index in [1.54, 1.807) is 6.08 Å². The minimum Gasteiger partial charge on any atom is -0.490 e. The lowest BCUT2D eigenvalue weighted by Crippen LogP contribution is -2.09. The molecule has 38 heavy (non-hydrogen) atoms. The number of esters is 1. The van der Waals surface area contributed by atoms with Gasteiger partial charge in [-0.25, -0.2) is 4.79 Å². The standard InChI is InChI=1S/C26H26O4.C8H12/c1-19-16-20(2)18-25(17-19)30-15-14-29-24-11-9-23(10-12-24)22-7-4-21(5-8-22)6-13-26(27)28-3;1-5-8(4)6-7(2)3/h4-13,16-18H,14-15H2,1-3H3;5-6H,1-2H2,3-4H3/b13-6+;8-6-. The van der Waals surface area contributed by atoms with Crippen molar-refractivity contribution in [2.24, 2.45) is 0 Å². The van der Waals surface area contributed by atoms with Gasteiger partial charge in [0.05, 0.1) is 7.11 Å². The van der Waals surface area contributed by atoms with Crippen molar-refractivity contribution in [3.05, 3.63) is 126 Å². The zero-order valence-corrected chi connectivity index (χ0v) is 23.1. The molecule has 0 aliphatic heterocycles. The van der Waals surface area contributed by atoms with E-state index in [1.807, 2.05) is 86.7 Å². The van der Waals surface area contributed by atoms with Gasteiger partial charge in [-0.1, -0.05) is 78.9 Å². The van der Waals surface area contributed by atoms with E-state index in [0.29, 0.717) is 13.2 Å². The molecule has 0 radical (unpaired) electrons. The Balaban J connectivity index is 0.000000550. The molecule has 0 unspecified atom stereocenters. The summed E-state index contributed by atoms with van der Waals surface area (Å²) >= 11 is 0. The molecule has 0 spiro atoms. The van der Waals surface area contributed by atoms with Crippen molar-refractivity contribution in [1.82, 2.24) is 0 Å². The summed E-state index contributed by atoms with van der Waals surface area (Å²) in [7, 11) is 1.36. The number of rotatable bonds is 10. The van der Waals surface area contributed by atoms with E-state index in [4.69, 9.17) is 9.47 Å². The van der Waals surface area contributed by atoms with E-state index in [9.17, 15) is 4.79 Å². The minimum absolute atomic E-state index is 0.367. The molecule has 3 aromatic rings. The van der Waals surface area contributed by atoms with Crippen LogP contribution in [0.4, 0.5) is 0 Å². The fourth-order valence-corrected chi connectivity index (χ4v) is 3.55. The molecule has 0 fully saturated rings. The maximum Gasteiger partial charge on any atom is 0.330 e. The number of allylic oxidation sites excluding steroid dienone is 4. The Morgan fingerprint density at radius 1 is 0.816 bits per heavy atom. The van der Waals surface area contributed by atoms with Crippen LogP contribution in [0.15, 0.2) is 109 Å². The van der Waals surface area contributed by atoms with Crippen molar-refractivity contribution >= 4 is 12.0 Å². The van der Waals surface area contributed by atoms with Crippen LogP contribution in [0.25, 0.3) is 17.2 Å². The van der Waals surface area contributed by atoms with Crippen LogP contribution in [-0.4, -0.2) is 26.3 Å². The van der Waals surface area contributed by atoms with E-state index < -0.39 is 0 Å². The third kappa shape index (κ3) is 11.2. The van der Waals surface area contributed by atoms with Crippen molar-refractivity contribution in [3.8, 4) is 22.6 Å². The molecule has 4 nitrogen and oxygen atoms in total. The normalized spacial score (nSPS) is 10.8. The summed E-state index contributed by atoms with van der Waals surface area (Å²) in [5, 5.41) is 0. The second-order valence-corrected chi connectivity index (χ2v) is 8.96. The molecule has 4 heteroatoms. The maximum absolute atomic E-state index is 11.2. The van der Waals surface area contributed by atoms with Gasteiger partial charge in [0.25, 0.3) is 0 Å². The fourth-order valence-electron chi connectivity index (χ4n) is 3.55. The summed E-state index contributed by atoms with van der Waals surface area (Å²) < 4.78 is 16.2. The molecule has 0 saturated heterocycles. The maximum atomic E-state index is 11.2. The lowest BCUT2D eigenvalue weighted by Gasteiger charge is -2.10. The van der Waals surface area contributed by atoms with Gasteiger partial charge in [0.15, 0.2) is 0 Å². The average Bonchev–Trinajstić information content (AvgIpc) is 2.90. The summed E-state index contributed by atoms with van der Waals surface area (Å²) in [4.78, 5) is 11.2. The first-order valence-corrected chi connectivity index (χ1v) is 12.5. The largest absolute Gasteiger partial charge is 0.490 e. The molecule has 3 rings (SSSR count). The monoisotopic (exact) mass is 510 g/mol. The smallest absolute Gasteiger partial charge is 0.330 e. The highest BCUT2D eigenvalue weighted by Gasteiger charge is 2.01. The highest BCUT2D eigenvalue weighted by Crippen LogP contribution is 2.23. The summed E-state index contributed by atoms with van der Waals surface area (Å²) in [6.07, 6.45) is 6.94. The predicted molar refractivity (Wildman–Crippen MR) is 159 cm³/mol. The number of carbonyl (C=O) groups is 1. The van der Waals surface area contributed by atoms with Crippen LogP contribution in [0.1, 0.15) is 30.5 Å². The Morgan fingerprint density at radius 3 is 1.82 bits per heavy atom.